The Kier molecular flexibility index (Phi) is 12.7. The Labute approximate surface area is 251 Å². The van der Waals surface area contributed by atoms with Crippen molar-refractivity contribution >= 4 is 36.2 Å². The average molecular weight is 599 g/mol. The van der Waals surface area contributed by atoms with Gasteiger partial charge in [-0.25, -0.2) is 8.78 Å². The summed E-state index contributed by atoms with van der Waals surface area (Å²) in [6, 6.07) is 10.1. The van der Waals surface area contributed by atoms with Crippen LogP contribution >= 0.6 is 0 Å². The molecule has 0 spiro atoms. The third kappa shape index (κ3) is 8.39. The van der Waals surface area contributed by atoms with Crippen LogP contribution in [0.15, 0.2) is 47.5 Å². The highest BCUT2D eigenvalue weighted by molar-refractivity contribution is 6.10. The maximum absolute atomic E-state index is 13.9. The number of ether oxygens (including phenoxy) is 2. The lowest BCUT2D eigenvalue weighted by Gasteiger charge is -2.37. The minimum absolute atomic E-state index is 0.0254. The van der Waals surface area contributed by atoms with Crippen LogP contribution < -0.4 is 14.4 Å². The van der Waals surface area contributed by atoms with Crippen LogP contribution in [0.3, 0.4) is 0 Å². The number of carbonyl (C=O) groups excluding carboxylic acids is 3. The number of benzene rings is 2. The number of likely N-dealkylation sites (tertiary alicyclic amines) is 1. The fourth-order valence-corrected chi connectivity index (χ4v) is 5.11. The third-order valence-electron chi connectivity index (χ3n) is 7.43. The number of imide groups is 1. The summed E-state index contributed by atoms with van der Waals surface area (Å²) in [5.41, 5.74) is 3.06. The second kappa shape index (κ2) is 16.4. The SMILES string of the molecule is CC/C=C(\C=NC)c1ccc(CN(C=O)C(=O)c2cc(OC(CF)CF)ccc2N(C)C2CCN(C=O)CC2)cc1OC. The van der Waals surface area contributed by atoms with Gasteiger partial charge in [0.15, 0.2) is 6.10 Å². The van der Waals surface area contributed by atoms with Crippen molar-refractivity contribution < 1.29 is 32.6 Å². The molecule has 9 nitrogen and oxygen atoms in total. The number of piperidine rings is 1. The number of rotatable bonds is 15. The Balaban J connectivity index is 1.96. The average Bonchev–Trinajstić information content (AvgIpc) is 3.05. The first-order chi connectivity index (χ1) is 20.8. The molecular formula is C32H40F2N4O5. The van der Waals surface area contributed by atoms with E-state index in [9.17, 15) is 23.2 Å². The number of halogens is 2. The summed E-state index contributed by atoms with van der Waals surface area (Å²) in [7, 11) is 5.08. The molecule has 232 valence electrons. The van der Waals surface area contributed by atoms with Crippen LogP contribution in [0.25, 0.3) is 5.57 Å². The van der Waals surface area contributed by atoms with E-state index in [0.29, 0.717) is 49.3 Å². The molecular weight excluding hydrogens is 558 g/mol. The van der Waals surface area contributed by atoms with Crippen LogP contribution in [-0.4, -0.2) is 94.5 Å². The van der Waals surface area contributed by atoms with Gasteiger partial charge in [-0.1, -0.05) is 25.1 Å². The first-order valence-electron chi connectivity index (χ1n) is 14.2. The fraction of sp³-hybridized carbons (Fsp3) is 0.438. The third-order valence-corrected chi connectivity index (χ3v) is 7.43. The van der Waals surface area contributed by atoms with Gasteiger partial charge in [0, 0.05) is 50.7 Å². The summed E-state index contributed by atoms with van der Waals surface area (Å²) in [6.45, 7) is 1.07. The van der Waals surface area contributed by atoms with E-state index in [1.165, 1.54) is 6.07 Å². The summed E-state index contributed by atoms with van der Waals surface area (Å²) >= 11 is 0. The number of nitrogens with zero attached hydrogens (tertiary/aromatic N) is 4. The van der Waals surface area contributed by atoms with Crippen molar-refractivity contribution in [3.05, 3.63) is 59.2 Å². The molecule has 0 unspecified atom stereocenters. The molecule has 11 heteroatoms. The Bertz CT molecular complexity index is 1310. The van der Waals surface area contributed by atoms with Crippen molar-refractivity contribution in [2.45, 2.75) is 44.9 Å². The maximum Gasteiger partial charge on any atom is 0.262 e. The van der Waals surface area contributed by atoms with Gasteiger partial charge in [-0.3, -0.25) is 24.3 Å². The molecule has 1 aliphatic heterocycles. The molecule has 2 aromatic rings. The molecule has 0 N–H and O–H groups in total. The van der Waals surface area contributed by atoms with E-state index in [1.807, 2.05) is 37.1 Å². The zero-order valence-corrected chi connectivity index (χ0v) is 25.2. The number of amides is 3. The Morgan fingerprint density at radius 2 is 1.84 bits per heavy atom. The first kappa shape index (κ1) is 33.2. The molecule has 1 saturated heterocycles. The minimum atomic E-state index is -1.31. The molecule has 0 aliphatic carbocycles. The number of carbonyl (C=O) groups is 3. The van der Waals surface area contributed by atoms with E-state index < -0.39 is 25.4 Å². The molecule has 0 atom stereocenters. The van der Waals surface area contributed by atoms with Crippen LogP contribution in [0.4, 0.5) is 14.5 Å². The van der Waals surface area contributed by atoms with E-state index in [2.05, 4.69) is 4.99 Å². The summed E-state index contributed by atoms with van der Waals surface area (Å²) in [5.74, 6) is 0.0787. The van der Waals surface area contributed by atoms with Gasteiger partial charge in [0.2, 0.25) is 12.8 Å². The van der Waals surface area contributed by atoms with Crippen molar-refractivity contribution in [1.29, 1.82) is 0 Å². The van der Waals surface area contributed by atoms with E-state index in [0.717, 1.165) is 28.9 Å². The fourth-order valence-electron chi connectivity index (χ4n) is 5.11. The molecule has 3 rings (SSSR count). The molecule has 0 saturated carbocycles. The smallest absolute Gasteiger partial charge is 0.262 e. The topological polar surface area (TPSA) is 91.8 Å². The maximum atomic E-state index is 13.9. The zero-order chi connectivity index (χ0) is 31.4. The van der Waals surface area contributed by atoms with Gasteiger partial charge < -0.3 is 19.3 Å². The Hall–Kier alpha value is -4.28. The number of allylic oxidation sites excluding steroid dienone is 2. The first-order valence-corrected chi connectivity index (χ1v) is 14.2. The predicted octanol–water partition coefficient (Wildman–Crippen LogP) is 4.73. The van der Waals surface area contributed by atoms with Gasteiger partial charge >= 0.3 is 0 Å². The van der Waals surface area contributed by atoms with Crippen LogP contribution in [-0.2, 0) is 16.1 Å². The molecule has 1 aliphatic rings. The Morgan fingerprint density at radius 1 is 1.12 bits per heavy atom. The van der Waals surface area contributed by atoms with Gasteiger partial charge in [-0.15, -0.1) is 0 Å². The van der Waals surface area contributed by atoms with Crippen molar-refractivity contribution in [2.75, 3.05) is 52.5 Å². The van der Waals surface area contributed by atoms with Crippen molar-refractivity contribution in [3.63, 3.8) is 0 Å². The van der Waals surface area contributed by atoms with E-state index in [-0.39, 0.29) is 23.9 Å². The molecule has 0 aromatic heterocycles. The van der Waals surface area contributed by atoms with Crippen molar-refractivity contribution in [3.8, 4) is 11.5 Å². The molecule has 0 bridgehead atoms. The molecule has 0 radical (unpaired) electrons. The van der Waals surface area contributed by atoms with Crippen LogP contribution in [0.1, 0.15) is 47.7 Å². The molecule has 2 aromatic carbocycles. The minimum Gasteiger partial charge on any atom is -0.496 e. The number of aliphatic imine (C=N–C) groups is 1. The molecule has 1 fully saturated rings. The second-order valence-corrected chi connectivity index (χ2v) is 10.2. The molecule has 43 heavy (non-hydrogen) atoms. The lowest BCUT2D eigenvalue weighted by atomic mass is 10.0. The Morgan fingerprint density at radius 3 is 2.42 bits per heavy atom. The summed E-state index contributed by atoms with van der Waals surface area (Å²) in [5, 5.41) is 0. The van der Waals surface area contributed by atoms with Gasteiger partial charge in [0.1, 0.15) is 24.8 Å². The van der Waals surface area contributed by atoms with Crippen molar-refractivity contribution in [2.24, 2.45) is 4.99 Å². The largest absolute Gasteiger partial charge is 0.496 e. The summed E-state index contributed by atoms with van der Waals surface area (Å²) < 4.78 is 37.5. The monoisotopic (exact) mass is 598 g/mol. The normalized spacial score (nSPS) is 14.2. The number of hydrogen-bond donors (Lipinski definition) is 0. The lowest BCUT2D eigenvalue weighted by molar-refractivity contribution is -0.119. The predicted molar refractivity (Wildman–Crippen MR) is 163 cm³/mol. The van der Waals surface area contributed by atoms with Gasteiger partial charge in [-0.2, -0.15) is 0 Å². The molecule has 3 amide bonds. The standard InChI is InChI=1S/C32H40F2N4O5/c1-5-6-24(19-35-2)28-9-7-23(15-31(28)42-4)20-38(22-40)32(41)29-16-26(43-27(17-33)18-34)8-10-30(29)36(3)25-11-13-37(21-39)14-12-25/h6-10,15-16,19,21-22,25,27H,5,11-14,17-18,20H2,1-4H3/b24-6+,35-19?. The highest BCUT2D eigenvalue weighted by Crippen LogP contribution is 2.32. The van der Waals surface area contributed by atoms with Crippen LogP contribution in [0.5, 0.6) is 11.5 Å². The van der Waals surface area contributed by atoms with Gasteiger partial charge in [0.05, 0.1) is 19.2 Å². The molecule has 1 heterocycles. The zero-order valence-electron chi connectivity index (χ0n) is 25.2. The van der Waals surface area contributed by atoms with Crippen molar-refractivity contribution in [1.82, 2.24) is 9.80 Å². The van der Waals surface area contributed by atoms with Gasteiger partial charge in [-0.05, 0) is 54.7 Å². The second-order valence-electron chi connectivity index (χ2n) is 10.2. The summed E-state index contributed by atoms with van der Waals surface area (Å²) in [4.78, 5) is 46.2. The number of hydrogen-bond acceptors (Lipinski definition) is 7. The number of alkyl halides is 2. The van der Waals surface area contributed by atoms with Crippen LogP contribution in [0, 0.1) is 0 Å². The van der Waals surface area contributed by atoms with Crippen LogP contribution in [0.2, 0.25) is 0 Å². The highest BCUT2D eigenvalue weighted by Gasteiger charge is 2.28. The van der Waals surface area contributed by atoms with Gasteiger partial charge in [0.25, 0.3) is 5.91 Å². The lowest BCUT2D eigenvalue weighted by Crippen LogP contribution is -2.43. The quantitative estimate of drug-likeness (QED) is 0.218. The van der Waals surface area contributed by atoms with E-state index in [4.69, 9.17) is 9.47 Å². The van der Waals surface area contributed by atoms with E-state index in [1.54, 1.807) is 43.5 Å². The van der Waals surface area contributed by atoms with E-state index >= 15 is 0 Å². The number of methoxy groups -OCH3 is 1. The highest BCUT2D eigenvalue weighted by atomic mass is 19.1. The summed E-state index contributed by atoms with van der Waals surface area (Å²) in [6.07, 6.45) is 5.92. The number of anilines is 1.